The van der Waals surface area contributed by atoms with E-state index in [-0.39, 0.29) is 0 Å². The highest BCUT2D eigenvalue weighted by atomic mass is 15.3. The maximum atomic E-state index is 4.60. The summed E-state index contributed by atoms with van der Waals surface area (Å²) in [4.78, 5) is 13.5. The van der Waals surface area contributed by atoms with Gasteiger partial charge in [0.1, 0.15) is 5.82 Å². The van der Waals surface area contributed by atoms with Crippen LogP contribution < -0.4 is 15.1 Å². The molecule has 0 amide bonds. The van der Waals surface area contributed by atoms with Crippen molar-refractivity contribution < 1.29 is 0 Å². The molecule has 2 aliphatic rings. The number of piperazine rings is 1. The van der Waals surface area contributed by atoms with Gasteiger partial charge in [0.15, 0.2) is 5.82 Å². The smallest absolute Gasteiger partial charge is 0.224 e. The van der Waals surface area contributed by atoms with Crippen LogP contribution in [0.25, 0.3) is 0 Å². The van der Waals surface area contributed by atoms with Gasteiger partial charge in [-0.25, -0.2) is 4.98 Å². The molecule has 0 unspecified atom stereocenters. The Morgan fingerprint density at radius 1 is 1.00 bits per heavy atom. The Kier molecular flexibility index (Phi) is 4.63. The molecule has 2 aromatic heterocycles. The second-order valence-corrected chi connectivity index (χ2v) is 6.62. The summed E-state index contributed by atoms with van der Waals surface area (Å²) in [6, 6.07) is 4.24. The predicted octanol–water partition coefficient (Wildman–Crippen LogP) is 1.90. The van der Waals surface area contributed by atoms with Crippen molar-refractivity contribution in [2.75, 3.05) is 47.8 Å². The zero-order chi connectivity index (χ0) is 17.1. The van der Waals surface area contributed by atoms with E-state index in [4.69, 9.17) is 0 Å². The Morgan fingerprint density at radius 2 is 1.76 bits per heavy atom. The first-order chi connectivity index (χ1) is 12.3. The van der Waals surface area contributed by atoms with Crippen molar-refractivity contribution in [1.29, 1.82) is 0 Å². The average molecular weight is 339 g/mol. The summed E-state index contributed by atoms with van der Waals surface area (Å²) in [6.07, 6.45) is 6.56. The molecule has 0 radical (unpaired) electrons. The Labute approximate surface area is 148 Å². The van der Waals surface area contributed by atoms with Crippen LogP contribution >= 0.6 is 0 Å². The largest absolute Gasteiger partial charge is 0.354 e. The summed E-state index contributed by atoms with van der Waals surface area (Å²) in [5.74, 6) is 2.71. The standard InChI is InChI=1S/C18H25N7/c1-2-19-18-20-8-7-16(21-18)24-9-11-25(12-10-24)17-13-14-5-3-4-6-15(14)22-23-17/h7-8,13H,2-6,9-12H2,1H3,(H,19,20,21). The number of hydrogen-bond donors (Lipinski definition) is 1. The fourth-order valence-electron chi connectivity index (χ4n) is 3.57. The fraction of sp³-hybridized carbons (Fsp3) is 0.556. The highest BCUT2D eigenvalue weighted by Crippen LogP contribution is 2.23. The van der Waals surface area contributed by atoms with Crippen molar-refractivity contribution >= 4 is 17.6 Å². The molecule has 1 fully saturated rings. The Morgan fingerprint density at radius 3 is 2.56 bits per heavy atom. The molecular weight excluding hydrogens is 314 g/mol. The van der Waals surface area contributed by atoms with E-state index in [0.717, 1.165) is 57.2 Å². The summed E-state index contributed by atoms with van der Waals surface area (Å²) < 4.78 is 0. The first-order valence-corrected chi connectivity index (χ1v) is 9.26. The molecule has 4 rings (SSSR count). The van der Waals surface area contributed by atoms with Crippen molar-refractivity contribution in [3.8, 4) is 0 Å². The highest BCUT2D eigenvalue weighted by Gasteiger charge is 2.21. The number of aromatic nitrogens is 4. The summed E-state index contributed by atoms with van der Waals surface area (Å²) in [5.41, 5.74) is 2.59. The van der Waals surface area contributed by atoms with Gasteiger partial charge < -0.3 is 15.1 Å². The number of anilines is 3. The Balaban J connectivity index is 1.42. The number of hydrogen-bond acceptors (Lipinski definition) is 7. The molecule has 1 aliphatic carbocycles. The minimum absolute atomic E-state index is 0.697. The topological polar surface area (TPSA) is 70.1 Å². The van der Waals surface area contributed by atoms with Crippen molar-refractivity contribution in [3.05, 3.63) is 29.6 Å². The van der Waals surface area contributed by atoms with Crippen LogP contribution in [0.1, 0.15) is 31.0 Å². The van der Waals surface area contributed by atoms with Crippen molar-refractivity contribution in [1.82, 2.24) is 20.2 Å². The number of nitrogens with one attached hydrogen (secondary N) is 1. The van der Waals surface area contributed by atoms with Crippen molar-refractivity contribution in [3.63, 3.8) is 0 Å². The van der Waals surface area contributed by atoms with Gasteiger partial charge in [-0.3, -0.25) is 0 Å². The third-order valence-corrected chi connectivity index (χ3v) is 4.96. The number of aryl methyl sites for hydroxylation is 2. The van der Waals surface area contributed by atoms with Crippen LogP contribution in [0.15, 0.2) is 18.3 Å². The summed E-state index contributed by atoms with van der Waals surface area (Å²) in [5, 5.41) is 12.1. The van der Waals surface area contributed by atoms with Crippen molar-refractivity contribution in [2.45, 2.75) is 32.6 Å². The van der Waals surface area contributed by atoms with E-state index >= 15 is 0 Å². The van der Waals surface area contributed by atoms with Gasteiger partial charge in [-0.2, -0.15) is 10.1 Å². The molecule has 1 N–H and O–H groups in total. The maximum absolute atomic E-state index is 4.60. The SMILES string of the molecule is CCNc1nccc(N2CCN(c3cc4c(nn3)CCCC4)CC2)n1. The van der Waals surface area contributed by atoms with Gasteiger partial charge in [0, 0.05) is 38.9 Å². The van der Waals surface area contributed by atoms with Gasteiger partial charge in [0.25, 0.3) is 0 Å². The van der Waals surface area contributed by atoms with Gasteiger partial charge in [-0.15, -0.1) is 5.10 Å². The van der Waals surface area contributed by atoms with Crippen LogP contribution in [0.2, 0.25) is 0 Å². The molecule has 3 heterocycles. The molecule has 132 valence electrons. The zero-order valence-electron chi connectivity index (χ0n) is 14.8. The number of nitrogens with zero attached hydrogens (tertiary/aromatic N) is 6. The van der Waals surface area contributed by atoms with Gasteiger partial charge in [-0.1, -0.05) is 0 Å². The molecule has 7 heteroatoms. The second kappa shape index (κ2) is 7.21. The minimum Gasteiger partial charge on any atom is -0.354 e. The Bertz CT molecular complexity index is 725. The average Bonchev–Trinajstić information content (AvgIpc) is 2.68. The van der Waals surface area contributed by atoms with E-state index in [1.807, 2.05) is 12.3 Å². The number of rotatable bonds is 4. The van der Waals surface area contributed by atoms with E-state index in [1.54, 1.807) is 0 Å². The molecule has 7 nitrogen and oxygen atoms in total. The fourth-order valence-corrected chi connectivity index (χ4v) is 3.57. The minimum atomic E-state index is 0.697. The van der Waals surface area contributed by atoms with Crippen LogP contribution in [-0.4, -0.2) is 52.9 Å². The molecule has 0 atom stereocenters. The van der Waals surface area contributed by atoms with E-state index in [9.17, 15) is 0 Å². The maximum Gasteiger partial charge on any atom is 0.224 e. The van der Waals surface area contributed by atoms with Gasteiger partial charge in [0.2, 0.25) is 5.95 Å². The number of fused-ring (bicyclic) bond motifs is 1. The van der Waals surface area contributed by atoms with Crippen LogP contribution in [0.5, 0.6) is 0 Å². The summed E-state index contributed by atoms with van der Waals surface area (Å²) in [7, 11) is 0. The van der Waals surface area contributed by atoms with Gasteiger partial charge >= 0.3 is 0 Å². The van der Waals surface area contributed by atoms with E-state index < -0.39 is 0 Å². The lowest BCUT2D eigenvalue weighted by atomic mass is 9.97. The lowest BCUT2D eigenvalue weighted by Crippen LogP contribution is -2.47. The molecule has 1 saturated heterocycles. The molecule has 0 bridgehead atoms. The molecule has 2 aromatic rings. The first-order valence-electron chi connectivity index (χ1n) is 9.26. The molecule has 0 saturated carbocycles. The monoisotopic (exact) mass is 339 g/mol. The van der Waals surface area contributed by atoms with Crippen LogP contribution in [0, 0.1) is 0 Å². The van der Waals surface area contributed by atoms with E-state index in [0.29, 0.717) is 5.95 Å². The molecular formula is C18H25N7. The van der Waals surface area contributed by atoms with Crippen LogP contribution in [0.3, 0.4) is 0 Å². The van der Waals surface area contributed by atoms with Crippen LogP contribution in [-0.2, 0) is 12.8 Å². The normalized spacial score (nSPS) is 17.3. The van der Waals surface area contributed by atoms with Gasteiger partial charge in [0.05, 0.1) is 5.69 Å². The molecule has 1 aliphatic heterocycles. The summed E-state index contributed by atoms with van der Waals surface area (Å²) >= 11 is 0. The van der Waals surface area contributed by atoms with Crippen molar-refractivity contribution in [2.24, 2.45) is 0 Å². The Hall–Kier alpha value is -2.44. The quantitative estimate of drug-likeness (QED) is 0.912. The second-order valence-electron chi connectivity index (χ2n) is 6.62. The highest BCUT2D eigenvalue weighted by molar-refractivity contribution is 5.47. The zero-order valence-corrected chi connectivity index (χ0v) is 14.8. The predicted molar refractivity (Wildman–Crippen MR) is 99.3 cm³/mol. The van der Waals surface area contributed by atoms with Crippen LogP contribution in [0.4, 0.5) is 17.6 Å². The van der Waals surface area contributed by atoms with E-state index in [1.165, 1.54) is 24.1 Å². The third-order valence-electron chi connectivity index (χ3n) is 4.96. The first kappa shape index (κ1) is 16.1. The lowest BCUT2D eigenvalue weighted by Gasteiger charge is -2.36. The molecule has 0 spiro atoms. The van der Waals surface area contributed by atoms with E-state index in [2.05, 4.69) is 48.3 Å². The van der Waals surface area contributed by atoms with Gasteiger partial charge in [-0.05, 0) is 50.3 Å². The third kappa shape index (κ3) is 3.50. The molecule has 25 heavy (non-hydrogen) atoms. The lowest BCUT2D eigenvalue weighted by molar-refractivity contribution is 0.623. The molecule has 0 aromatic carbocycles. The summed E-state index contributed by atoms with van der Waals surface area (Å²) in [6.45, 7) is 6.62.